The van der Waals surface area contributed by atoms with E-state index in [1.54, 1.807) is 30.3 Å². The number of benzene rings is 3. The zero-order valence-corrected chi connectivity index (χ0v) is 23.9. The molecule has 0 radical (unpaired) electrons. The zero-order valence-electron chi connectivity index (χ0n) is 23.1. The lowest BCUT2D eigenvalue weighted by Gasteiger charge is -2.31. The number of phenolic OH excluding ortho intramolecular Hbond substituents is 1. The van der Waals surface area contributed by atoms with Crippen molar-refractivity contribution >= 4 is 21.0 Å². The summed E-state index contributed by atoms with van der Waals surface area (Å²) in [6.07, 6.45) is 3.30. The molecule has 2 heterocycles. The van der Waals surface area contributed by atoms with Gasteiger partial charge in [-0.3, -0.25) is 4.90 Å². The summed E-state index contributed by atoms with van der Waals surface area (Å²) in [6.45, 7) is 9.43. The van der Waals surface area contributed by atoms with Crippen molar-refractivity contribution in [3.63, 3.8) is 0 Å². The number of aromatic hydroxyl groups is 1. The van der Waals surface area contributed by atoms with Crippen LogP contribution in [0.3, 0.4) is 0 Å². The summed E-state index contributed by atoms with van der Waals surface area (Å²) < 4.78 is 36.7. The summed E-state index contributed by atoms with van der Waals surface area (Å²) >= 11 is 0. The van der Waals surface area contributed by atoms with E-state index in [1.807, 2.05) is 43.3 Å². The van der Waals surface area contributed by atoms with Gasteiger partial charge < -0.3 is 14.6 Å². The Labute approximate surface area is 231 Å². The summed E-state index contributed by atoms with van der Waals surface area (Å²) in [6, 6.07) is 20.4. The highest BCUT2D eigenvalue weighted by atomic mass is 32.2. The highest BCUT2D eigenvalue weighted by Crippen LogP contribution is 2.47. The quantitative estimate of drug-likeness (QED) is 0.354. The largest absolute Gasteiger partial charge is 0.508 e. The van der Waals surface area contributed by atoms with Gasteiger partial charge in [0.2, 0.25) is 0 Å². The first-order valence-electron chi connectivity index (χ1n) is 13.6. The molecule has 1 unspecified atom stereocenters. The molecule has 3 aromatic rings. The molecule has 7 heteroatoms. The maximum atomic E-state index is 12.0. The van der Waals surface area contributed by atoms with Gasteiger partial charge in [0.1, 0.15) is 30.0 Å². The first-order valence-corrected chi connectivity index (χ1v) is 15.5. The van der Waals surface area contributed by atoms with E-state index in [1.165, 1.54) is 19.1 Å². The highest BCUT2D eigenvalue weighted by molar-refractivity contribution is 7.90. The first-order chi connectivity index (χ1) is 18.6. The van der Waals surface area contributed by atoms with E-state index in [4.69, 9.17) is 9.47 Å². The number of hydrogen-bond acceptors (Lipinski definition) is 6. The van der Waals surface area contributed by atoms with Gasteiger partial charge in [0.15, 0.2) is 9.84 Å². The van der Waals surface area contributed by atoms with Gasteiger partial charge in [-0.05, 0) is 91.9 Å². The van der Waals surface area contributed by atoms with Crippen LogP contribution in [0.2, 0.25) is 0 Å². The summed E-state index contributed by atoms with van der Waals surface area (Å²) in [7, 11) is -3.31. The van der Waals surface area contributed by atoms with Crippen molar-refractivity contribution in [3.05, 3.63) is 83.4 Å². The molecule has 0 amide bonds. The van der Waals surface area contributed by atoms with Gasteiger partial charge >= 0.3 is 0 Å². The third-order valence-corrected chi connectivity index (χ3v) is 9.19. The molecule has 1 N–H and O–H groups in total. The van der Waals surface area contributed by atoms with Crippen LogP contribution in [0.4, 0.5) is 0 Å². The molecular formula is C32H37NO5S. The van der Waals surface area contributed by atoms with Crippen LogP contribution in [0.15, 0.2) is 71.6 Å². The SMILES string of the molecule is CC[C@@H]1CCN([C@@H](C)COc2ccc(C3Oc4ccc(O)cc4C(C)=C3c3ccc(S(C)(=O)=O)cc3)cc2)C1. The Bertz CT molecular complexity index is 1460. The molecule has 0 saturated carbocycles. The summed E-state index contributed by atoms with van der Waals surface area (Å²) in [4.78, 5) is 2.79. The second kappa shape index (κ2) is 11.1. The minimum atomic E-state index is -3.31. The predicted molar refractivity (Wildman–Crippen MR) is 155 cm³/mol. The molecule has 39 heavy (non-hydrogen) atoms. The van der Waals surface area contributed by atoms with Crippen molar-refractivity contribution in [2.24, 2.45) is 5.92 Å². The number of nitrogens with zero attached hydrogens (tertiary/aromatic N) is 1. The van der Waals surface area contributed by atoms with Crippen LogP contribution in [0.25, 0.3) is 11.1 Å². The molecule has 0 aromatic heterocycles. The van der Waals surface area contributed by atoms with Gasteiger partial charge in [0, 0.05) is 30.0 Å². The lowest BCUT2D eigenvalue weighted by Crippen LogP contribution is -2.35. The number of allylic oxidation sites excluding steroid dienone is 1. The van der Waals surface area contributed by atoms with Crippen LogP contribution in [0.5, 0.6) is 17.2 Å². The molecule has 206 valence electrons. The topological polar surface area (TPSA) is 76.1 Å². The van der Waals surface area contributed by atoms with Gasteiger partial charge in [-0.1, -0.05) is 37.6 Å². The smallest absolute Gasteiger partial charge is 0.175 e. The molecule has 2 aliphatic rings. The minimum absolute atomic E-state index is 0.164. The second-order valence-corrected chi connectivity index (χ2v) is 12.8. The number of ether oxygens (including phenoxy) is 2. The number of hydrogen-bond donors (Lipinski definition) is 1. The zero-order chi connectivity index (χ0) is 27.7. The molecule has 3 atom stereocenters. The van der Waals surface area contributed by atoms with Gasteiger partial charge in [-0.15, -0.1) is 0 Å². The number of fused-ring (bicyclic) bond motifs is 1. The van der Waals surface area contributed by atoms with Crippen LogP contribution in [0, 0.1) is 5.92 Å². The Morgan fingerprint density at radius 1 is 1.08 bits per heavy atom. The first kappa shape index (κ1) is 27.3. The van der Waals surface area contributed by atoms with Crippen LogP contribution in [0.1, 0.15) is 56.4 Å². The summed E-state index contributed by atoms with van der Waals surface area (Å²) in [5.74, 6) is 2.47. The average molecular weight is 548 g/mol. The van der Waals surface area contributed by atoms with E-state index in [0.717, 1.165) is 52.6 Å². The molecule has 5 rings (SSSR count). The summed E-state index contributed by atoms with van der Waals surface area (Å²) in [5, 5.41) is 10.1. The van der Waals surface area contributed by atoms with E-state index in [9.17, 15) is 13.5 Å². The minimum Gasteiger partial charge on any atom is -0.508 e. The molecule has 0 bridgehead atoms. The lowest BCUT2D eigenvalue weighted by atomic mass is 9.86. The third-order valence-electron chi connectivity index (χ3n) is 8.06. The fraction of sp³-hybridized carbons (Fsp3) is 0.375. The standard InChI is InChI=1S/C32H37NO5S/c1-5-23-16-17-33(19-23)21(2)20-37-27-11-6-25(7-12-27)32-31(24-8-13-28(14-9-24)39(4,35)36)22(3)29-18-26(34)10-15-30(29)38-32/h6-15,18,21,23,32,34H,5,16-17,19-20H2,1-4H3/t21-,23+,32?/m0/s1. The lowest BCUT2D eigenvalue weighted by molar-refractivity contribution is 0.168. The fourth-order valence-corrected chi connectivity index (χ4v) is 6.21. The Morgan fingerprint density at radius 3 is 2.44 bits per heavy atom. The Kier molecular flexibility index (Phi) is 7.74. The van der Waals surface area contributed by atoms with Gasteiger partial charge in [0.25, 0.3) is 0 Å². The third kappa shape index (κ3) is 5.85. The number of rotatable bonds is 8. The van der Waals surface area contributed by atoms with Crippen LogP contribution < -0.4 is 9.47 Å². The second-order valence-electron chi connectivity index (χ2n) is 10.8. The molecule has 1 saturated heterocycles. The maximum Gasteiger partial charge on any atom is 0.175 e. The van der Waals surface area contributed by atoms with Gasteiger partial charge in [-0.2, -0.15) is 0 Å². The molecule has 3 aromatic carbocycles. The fourth-order valence-electron chi connectivity index (χ4n) is 5.58. The average Bonchev–Trinajstić information content (AvgIpc) is 3.42. The number of sulfone groups is 1. The molecule has 0 spiro atoms. The molecular weight excluding hydrogens is 510 g/mol. The van der Waals surface area contributed by atoms with Crippen LogP contribution in [-0.2, 0) is 9.84 Å². The number of phenols is 1. The van der Waals surface area contributed by atoms with E-state index in [-0.39, 0.29) is 10.6 Å². The van der Waals surface area contributed by atoms with E-state index < -0.39 is 15.9 Å². The van der Waals surface area contributed by atoms with Crippen molar-refractivity contribution in [2.45, 2.75) is 50.7 Å². The monoisotopic (exact) mass is 547 g/mol. The van der Waals surface area contributed by atoms with Crippen LogP contribution in [-0.4, -0.2) is 50.4 Å². The van der Waals surface area contributed by atoms with Crippen molar-refractivity contribution in [3.8, 4) is 17.2 Å². The summed E-state index contributed by atoms with van der Waals surface area (Å²) in [5.41, 5.74) is 4.53. The Hall–Kier alpha value is -3.29. The molecule has 0 aliphatic carbocycles. The number of likely N-dealkylation sites (tertiary alicyclic amines) is 1. The van der Waals surface area contributed by atoms with Crippen molar-refractivity contribution in [1.82, 2.24) is 4.90 Å². The normalized spacial score (nSPS) is 20.4. The molecule has 1 fully saturated rings. The van der Waals surface area contributed by atoms with E-state index in [2.05, 4.69) is 18.7 Å². The predicted octanol–water partition coefficient (Wildman–Crippen LogP) is 6.36. The van der Waals surface area contributed by atoms with Crippen LogP contribution >= 0.6 is 0 Å². The van der Waals surface area contributed by atoms with Gasteiger partial charge in [0.05, 0.1) is 4.90 Å². The van der Waals surface area contributed by atoms with E-state index >= 15 is 0 Å². The molecule has 6 nitrogen and oxygen atoms in total. The Balaban J connectivity index is 1.40. The van der Waals surface area contributed by atoms with Gasteiger partial charge in [-0.25, -0.2) is 8.42 Å². The van der Waals surface area contributed by atoms with Crippen molar-refractivity contribution < 1.29 is 23.0 Å². The molecule has 2 aliphatic heterocycles. The van der Waals surface area contributed by atoms with E-state index in [0.29, 0.717) is 18.4 Å². The Morgan fingerprint density at radius 2 is 1.79 bits per heavy atom. The van der Waals surface area contributed by atoms with Crippen molar-refractivity contribution in [2.75, 3.05) is 26.0 Å². The maximum absolute atomic E-state index is 12.0. The highest BCUT2D eigenvalue weighted by Gasteiger charge is 2.30. The van der Waals surface area contributed by atoms with Crippen molar-refractivity contribution in [1.29, 1.82) is 0 Å².